The Morgan fingerprint density at radius 1 is 1.38 bits per heavy atom. The second-order valence-electron chi connectivity index (χ2n) is 2.99. The summed E-state index contributed by atoms with van der Waals surface area (Å²) in [6.45, 7) is 3.16. The lowest BCUT2D eigenvalue weighted by Crippen LogP contribution is -2.00. The summed E-state index contributed by atoms with van der Waals surface area (Å²) in [4.78, 5) is 0. The molecule has 1 aromatic rings. The number of hydrogen-bond acceptors (Lipinski definition) is 2. The van der Waals surface area contributed by atoms with Gasteiger partial charge in [-0.1, -0.05) is 0 Å². The molecule has 0 fully saturated rings. The van der Waals surface area contributed by atoms with E-state index in [-0.39, 0.29) is 18.0 Å². The van der Waals surface area contributed by atoms with Crippen molar-refractivity contribution in [3.05, 3.63) is 28.6 Å². The third-order valence-electron chi connectivity index (χ3n) is 2.04. The van der Waals surface area contributed by atoms with E-state index in [0.29, 0.717) is 11.3 Å². The number of hydrogen-bond donors (Lipinski definition) is 1. The Labute approximate surface area is 77.0 Å². The van der Waals surface area contributed by atoms with Crippen LogP contribution in [0, 0.1) is 19.7 Å². The van der Waals surface area contributed by atoms with Crippen LogP contribution >= 0.6 is 0 Å². The molecule has 2 nitrogen and oxygen atoms in total. The molecule has 0 heterocycles. The molecule has 0 spiro atoms. The van der Waals surface area contributed by atoms with Crippen molar-refractivity contribution in [2.75, 3.05) is 7.11 Å². The lowest BCUT2D eigenvalue weighted by Gasteiger charge is -2.12. The Balaban J connectivity index is 3.41. The van der Waals surface area contributed by atoms with E-state index < -0.39 is 0 Å². The van der Waals surface area contributed by atoms with Crippen LogP contribution in [0.3, 0.4) is 0 Å². The molecule has 0 amide bonds. The monoisotopic (exact) mass is 184 g/mol. The van der Waals surface area contributed by atoms with Gasteiger partial charge in [0.25, 0.3) is 0 Å². The lowest BCUT2D eigenvalue weighted by molar-refractivity contribution is 0.266. The molecule has 0 aliphatic heterocycles. The molecule has 72 valence electrons. The summed E-state index contributed by atoms with van der Waals surface area (Å²) >= 11 is 0. The SMILES string of the molecule is COc1c(C)cc(C)c(F)c1CO. The maximum absolute atomic E-state index is 13.4. The van der Waals surface area contributed by atoms with Gasteiger partial charge in [-0.3, -0.25) is 0 Å². The minimum atomic E-state index is -0.384. The molecule has 1 rings (SSSR count). The van der Waals surface area contributed by atoms with Crippen LogP contribution in [0.2, 0.25) is 0 Å². The first-order valence-electron chi connectivity index (χ1n) is 4.05. The van der Waals surface area contributed by atoms with Crippen molar-refractivity contribution in [3.63, 3.8) is 0 Å². The minimum absolute atomic E-state index is 0.236. The summed E-state index contributed by atoms with van der Waals surface area (Å²) in [5.74, 6) is 0.0514. The van der Waals surface area contributed by atoms with Gasteiger partial charge in [-0.2, -0.15) is 0 Å². The third-order valence-corrected chi connectivity index (χ3v) is 2.04. The summed E-state index contributed by atoms with van der Waals surface area (Å²) < 4.78 is 18.4. The molecule has 0 aliphatic rings. The molecule has 0 atom stereocenters. The van der Waals surface area contributed by atoms with E-state index >= 15 is 0 Å². The summed E-state index contributed by atoms with van der Waals surface area (Å²) in [7, 11) is 1.47. The van der Waals surface area contributed by atoms with Gasteiger partial charge >= 0.3 is 0 Å². The number of benzene rings is 1. The molecule has 0 radical (unpaired) electrons. The maximum Gasteiger partial charge on any atom is 0.135 e. The van der Waals surface area contributed by atoms with Crippen LogP contribution in [0.25, 0.3) is 0 Å². The van der Waals surface area contributed by atoms with E-state index in [1.807, 2.05) is 6.92 Å². The molecule has 1 N–H and O–H groups in total. The van der Waals surface area contributed by atoms with Gasteiger partial charge in [0, 0.05) is 0 Å². The zero-order valence-electron chi connectivity index (χ0n) is 8.02. The van der Waals surface area contributed by atoms with Crippen LogP contribution in [0.15, 0.2) is 6.07 Å². The molecular formula is C10H13FO2. The second kappa shape index (κ2) is 3.75. The number of aliphatic hydroxyl groups excluding tert-OH is 1. The van der Waals surface area contributed by atoms with Gasteiger partial charge in [0.2, 0.25) is 0 Å². The number of rotatable bonds is 2. The summed E-state index contributed by atoms with van der Waals surface area (Å²) in [5, 5.41) is 8.96. The van der Waals surface area contributed by atoms with Gasteiger partial charge in [0.15, 0.2) is 0 Å². The quantitative estimate of drug-likeness (QED) is 0.761. The van der Waals surface area contributed by atoms with Crippen LogP contribution in [0.4, 0.5) is 4.39 Å². The van der Waals surface area contributed by atoms with E-state index in [2.05, 4.69) is 0 Å². The van der Waals surface area contributed by atoms with Crippen LogP contribution in [-0.2, 0) is 6.61 Å². The topological polar surface area (TPSA) is 29.5 Å². The molecule has 0 aliphatic carbocycles. The normalized spacial score (nSPS) is 10.2. The van der Waals surface area contributed by atoms with E-state index in [1.165, 1.54) is 7.11 Å². The zero-order valence-corrected chi connectivity index (χ0v) is 8.02. The van der Waals surface area contributed by atoms with Crippen molar-refractivity contribution in [2.45, 2.75) is 20.5 Å². The molecular weight excluding hydrogens is 171 g/mol. The van der Waals surface area contributed by atoms with Crippen molar-refractivity contribution in [2.24, 2.45) is 0 Å². The van der Waals surface area contributed by atoms with Gasteiger partial charge in [-0.05, 0) is 31.0 Å². The molecule has 0 saturated carbocycles. The number of halogens is 1. The Hall–Kier alpha value is -1.09. The lowest BCUT2D eigenvalue weighted by atomic mass is 10.1. The van der Waals surface area contributed by atoms with Gasteiger partial charge in [-0.25, -0.2) is 4.39 Å². The van der Waals surface area contributed by atoms with Crippen molar-refractivity contribution in [3.8, 4) is 5.75 Å². The average Bonchev–Trinajstić information content (AvgIpc) is 2.10. The van der Waals surface area contributed by atoms with Crippen LogP contribution in [0.1, 0.15) is 16.7 Å². The first kappa shape index (κ1) is 9.99. The average molecular weight is 184 g/mol. The van der Waals surface area contributed by atoms with Gasteiger partial charge in [-0.15, -0.1) is 0 Å². The smallest absolute Gasteiger partial charge is 0.135 e. The highest BCUT2D eigenvalue weighted by Gasteiger charge is 2.13. The van der Waals surface area contributed by atoms with Crippen LogP contribution < -0.4 is 4.74 Å². The Morgan fingerprint density at radius 2 is 2.00 bits per heavy atom. The molecule has 0 aromatic heterocycles. The highest BCUT2D eigenvalue weighted by molar-refractivity contribution is 5.44. The summed E-state index contributed by atoms with van der Waals surface area (Å²) in [6, 6.07) is 1.70. The molecule has 1 aromatic carbocycles. The van der Waals surface area contributed by atoms with Gasteiger partial charge in [0.1, 0.15) is 11.6 Å². The number of ether oxygens (including phenoxy) is 1. The van der Waals surface area contributed by atoms with Crippen molar-refractivity contribution >= 4 is 0 Å². The van der Waals surface area contributed by atoms with Gasteiger partial charge < -0.3 is 9.84 Å². The molecule has 0 saturated heterocycles. The fraction of sp³-hybridized carbons (Fsp3) is 0.400. The highest BCUT2D eigenvalue weighted by atomic mass is 19.1. The van der Waals surface area contributed by atoms with E-state index in [4.69, 9.17) is 9.84 Å². The van der Waals surface area contributed by atoms with Crippen LogP contribution in [0.5, 0.6) is 5.75 Å². The fourth-order valence-corrected chi connectivity index (χ4v) is 1.45. The fourth-order valence-electron chi connectivity index (χ4n) is 1.45. The minimum Gasteiger partial charge on any atom is -0.496 e. The number of methoxy groups -OCH3 is 1. The third kappa shape index (κ3) is 1.65. The number of aliphatic hydroxyl groups is 1. The van der Waals surface area contributed by atoms with Crippen molar-refractivity contribution < 1.29 is 14.2 Å². The first-order valence-corrected chi connectivity index (χ1v) is 4.05. The summed E-state index contributed by atoms with van der Waals surface area (Å²) in [5.41, 5.74) is 1.60. The molecule has 0 unspecified atom stereocenters. The van der Waals surface area contributed by atoms with Crippen molar-refractivity contribution in [1.29, 1.82) is 0 Å². The molecule has 0 bridgehead atoms. The van der Waals surface area contributed by atoms with E-state index in [9.17, 15) is 4.39 Å². The molecule has 3 heteroatoms. The Bertz CT molecular complexity index is 321. The van der Waals surface area contributed by atoms with E-state index in [0.717, 1.165) is 5.56 Å². The second-order valence-corrected chi connectivity index (χ2v) is 2.99. The zero-order chi connectivity index (χ0) is 10.0. The first-order chi connectivity index (χ1) is 6.11. The predicted octanol–water partition coefficient (Wildman–Crippen LogP) is 1.94. The number of aryl methyl sites for hydroxylation is 2. The van der Waals surface area contributed by atoms with E-state index in [1.54, 1.807) is 13.0 Å². The maximum atomic E-state index is 13.4. The highest BCUT2D eigenvalue weighted by Crippen LogP contribution is 2.28. The summed E-state index contributed by atoms with van der Waals surface area (Å²) in [6.07, 6.45) is 0. The van der Waals surface area contributed by atoms with Crippen LogP contribution in [-0.4, -0.2) is 12.2 Å². The predicted molar refractivity (Wildman–Crippen MR) is 48.3 cm³/mol. The Morgan fingerprint density at radius 3 is 2.46 bits per heavy atom. The largest absolute Gasteiger partial charge is 0.496 e. The Kier molecular flexibility index (Phi) is 2.88. The van der Waals surface area contributed by atoms with Crippen molar-refractivity contribution in [1.82, 2.24) is 0 Å². The standard InChI is InChI=1S/C10H13FO2/c1-6-4-7(2)10(13-3)8(5-12)9(6)11/h4,12H,5H2,1-3H3. The van der Waals surface area contributed by atoms with Gasteiger partial charge in [0.05, 0.1) is 19.3 Å². The molecule has 13 heavy (non-hydrogen) atoms.